The number of hydrogen-bond donors (Lipinski definition) is 1. The topological polar surface area (TPSA) is 59.1 Å². The molecule has 2 aromatic carbocycles. The maximum absolute atomic E-state index is 13.1. The van der Waals surface area contributed by atoms with E-state index in [0.717, 1.165) is 29.5 Å². The van der Waals surface area contributed by atoms with E-state index in [9.17, 15) is 17.2 Å². The summed E-state index contributed by atoms with van der Waals surface area (Å²) in [4.78, 5) is 4.09. The van der Waals surface area contributed by atoms with E-state index in [0.29, 0.717) is 11.3 Å². The van der Waals surface area contributed by atoms with E-state index < -0.39 is 15.8 Å². The van der Waals surface area contributed by atoms with Gasteiger partial charge in [0.1, 0.15) is 16.5 Å². The standard InChI is InChI=1S/C15H9BrF2N2O2S2/c16-12-7-11(18)5-6-14(12)24(21,22)20-15-19-13(8-23-15)9-1-3-10(17)4-2-9/h1-8H,(H,19,20). The van der Waals surface area contributed by atoms with Gasteiger partial charge in [-0.3, -0.25) is 4.72 Å². The first kappa shape index (κ1) is 17.0. The summed E-state index contributed by atoms with van der Waals surface area (Å²) >= 11 is 4.13. The number of rotatable bonds is 4. The highest BCUT2D eigenvalue weighted by atomic mass is 79.9. The van der Waals surface area contributed by atoms with Crippen molar-refractivity contribution in [3.05, 3.63) is 64.0 Å². The first-order valence-corrected chi connectivity index (χ1v) is 9.70. The second-order valence-corrected chi connectivity index (χ2v) is 8.09. The van der Waals surface area contributed by atoms with E-state index in [2.05, 4.69) is 25.6 Å². The van der Waals surface area contributed by atoms with Gasteiger partial charge in [0.2, 0.25) is 0 Å². The van der Waals surface area contributed by atoms with Crippen molar-refractivity contribution in [1.29, 1.82) is 0 Å². The number of benzene rings is 2. The fourth-order valence-corrected chi connectivity index (χ4v) is 4.96. The van der Waals surface area contributed by atoms with Crippen LogP contribution in [0.3, 0.4) is 0 Å². The van der Waals surface area contributed by atoms with Crippen LogP contribution in [0.25, 0.3) is 11.3 Å². The summed E-state index contributed by atoms with van der Waals surface area (Å²) in [5.74, 6) is -0.912. The summed E-state index contributed by atoms with van der Waals surface area (Å²) in [7, 11) is -3.91. The lowest BCUT2D eigenvalue weighted by molar-refractivity contribution is 0.599. The first-order chi connectivity index (χ1) is 11.3. The number of hydrogen-bond acceptors (Lipinski definition) is 4. The van der Waals surface area contributed by atoms with E-state index in [4.69, 9.17) is 0 Å². The van der Waals surface area contributed by atoms with Crippen molar-refractivity contribution in [1.82, 2.24) is 4.98 Å². The molecule has 0 atom stereocenters. The zero-order chi connectivity index (χ0) is 17.3. The Bertz CT molecular complexity index is 989. The average molecular weight is 431 g/mol. The molecule has 0 amide bonds. The number of anilines is 1. The molecular weight excluding hydrogens is 422 g/mol. The molecule has 0 fully saturated rings. The SMILES string of the molecule is O=S(=O)(Nc1nc(-c2ccc(F)cc2)cs1)c1ccc(F)cc1Br. The number of nitrogens with zero attached hydrogens (tertiary/aromatic N) is 1. The lowest BCUT2D eigenvalue weighted by atomic mass is 10.2. The minimum atomic E-state index is -3.91. The Morgan fingerprint density at radius 1 is 1.04 bits per heavy atom. The van der Waals surface area contributed by atoms with Crippen LogP contribution in [0.15, 0.2) is 57.2 Å². The normalized spacial score (nSPS) is 11.5. The zero-order valence-corrected chi connectivity index (χ0v) is 15.1. The average Bonchev–Trinajstić information content (AvgIpc) is 2.95. The quantitative estimate of drug-likeness (QED) is 0.654. The second-order valence-electron chi connectivity index (χ2n) is 4.73. The first-order valence-electron chi connectivity index (χ1n) is 6.54. The Balaban J connectivity index is 1.87. The molecule has 4 nitrogen and oxygen atoms in total. The smallest absolute Gasteiger partial charge is 0.255 e. The molecule has 0 radical (unpaired) electrons. The van der Waals surface area contributed by atoms with Crippen LogP contribution in [0, 0.1) is 11.6 Å². The van der Waals surface area contributed by atoms with Crippen molar-refractivity contribution in [3.8, 4) is 11.3 Å². The van der Waals surface area contributed by atoms with Crippen LogP contribution in [0.5, 0.6) is 0 Å². The van der Waals surface area contributed by atoms with Crippen LogP contribution in [-0.4, -0.2) is 13.4 Å². The molecule has 0 bridgehead atoms. The Kier molecular flexibility index (Phi) is 4.66. The van der Waals surface area contributed by atoms with Crippen molar-refractivity contribution >= 4 is 42.4 Å². The number of sulfonamides is 1. The molecule has 1 heterocycles. The van der Waals surface area contributed by atoms with Gasteiger partial charge in [0.25, 0.3) is 10.0 Å². The van der Waals surface area contributed by atoms with E-state index in [1.54, 1.807) is 17.5 Å². The number of thiazole rings is 1. The van der Waals surface area contributed by atoms with Crippen molar-refractivity contribution in [2.24, 2.45) is 0 Å². The monoisotopic (exact) mass is 430 g/mol. The minimum absolute atomic E-state index is 0.0950. The molecule has 3 aromatic rings. The van der Waals surface area contributed by atoms with Gasteiger partial charge in [-0.2, -0.15) is 0 Å². The fourth-order valence-electron chi connectivity index (χ4n) is 1.94. The molecule has 0 aliphatic rings. The van der Waals surface area contributed by atoms with Crippen molar-refractivity contribution in [3.63, 3.8) is 0 Å². The number of aromatic nitrogens is 1. The highest BCUT2D eigenvalue weighted by Crippen LogP contribution is 2.29. The second kappa shape index (κ2) is 6.58. The van der Waals surface area contributed by atoms with Gasteiger partial charge >= 0.3 is 0 Å². The fraction of sp³-hybridized carbons (Fsp3) is 0. The molecular formula is C15H9BrF2N2O2S2. The van der Waals surface area contributed by atoms with Crippen LogP contribution in [0.2, 0.25) is 0 Å². The van der Waals surface area contributed by atoms with Crippen LogP contribution in [0.1, 0.15) is 0 Å². The van der Waals surface area contributed by atoms with E-state index in [-0.39, 0.29) is 20.3 Å². The van der Waals surface area contributed by atoms with Crippen LogP contribution < -0.4 is 4.72 Å². The Morgan fingerprint density at radius 3 is 2.38 bits per heavy atom. The summed E-state index contributed by atoms with van der Waals surface area (Å²) in [5, 5.41) is 1.82. The van der Waals surface area contributed by atoms with Crippen molar-refractivity contribution in [2.75, 3.05) is 4.72 Å². The number of halogens is 3. The number of nitrogens with one attached hydrogen (secondary N) is 1. The third kappa shape index (κ3) is 3.63. The van der Waals surface area contributed by atoms with E-state index >= 15 is 0 Å². The summed E-state index contributed by atoms with van der Waals surface area (Å²) in [5.41, 5.74) is 1.19. The molecule has 124 valence electrons. The maximum Gasteiger partial charge on any atom is 0.264 e. The molecule has 0 aliphatic carbocycles. The van der Waals surface area contributed by atoms with Crippen molar-refractivity contribution in [2.45, 2.75) is 4.90 Å². The summed E-state index contributed by atoms with van der Waals surface area (Å²) in [6.07, 6.45) is 0. The summed E-state index contributed by atoms with van der Waals surface area (Å²) < 4.78 is 53.3. The molecule has 0 unspecified atom stereocenters. The largest absolute Gasteiger partial charge is 0.264 e. The van der Waals surface area contributed by atoms with Gasteiger partial charge in [0, 0.05) is 15.4 Å². The summed E-state index contributed by atoms with van der Waals surface area (Å²) in [6, 6.07) is 9.00. The molecule has 0 saturated heterocycles. The lowest BCUT2D eigenvalue weighted by Gasteiger charge is -2.07. The third-order valence-corrected chi connectivity index (χ3v) is 6.25. The Labute approximate surface area is 149 Å². The van der Waals surface area contributed by atoms with Gasteiger partial charge in [-0.15, -0.1) is 11.3 Å². The van der Waals surface area contributed by atoms with Crippen molar-refractivity contribution < 1.29 is 17.2 Å². The molecule has 0 saturated carbocycles. The van der Waals surface area contributed by atoms with Gasteiger partial charge in [-0.05, 0) is 58.4 Å². The predicted molar refractivity (Wildman–Crippen MR) is 92.4 cm³/mol. The predicted octanol–water partition coefficient (Wildman–Crippen LogP) is 4.65. The van der Waals surface area contributed by atoms with Gasteiger partial charge in [0.05, 0.1) is 5.69 Å². The molecule has 3 rings (SSSR count). The molecule has 1 N–H and O–H groups in total. The van der Waals surface area contributed by atoms with Gasteiger partial charge in [-0.1, -0.05) is 0 Å². The zero-order valence-electron chi connectivity index (χ0n) is 11.8. The third-order valence-electron chi connectivity index (χ3n) is 3.05. The molecule has 0 aliphatic heterocycles. The molecule has 24 heavy (non-hydrogen) atoms. The van der Waals surface area contributed by atoms with Crippen LogP contribution in [0.4, 0.5) is 13.9 Å². The Morgan fingerprint density at radius 2 is 1.71 bits per heavy atom. The van der Waals surface area contributed by atoms with E-state index in [1.165, 1.54) is 12.1 Å². The molecule has 0 spiro atoms. The lowest BCUT2D eigenvalue weighted by Crippen LogP contribution is -2.13. The highest BCUT2D eigenvalue weighted by Gasteiger charge is 2.20. The van der Waals surface area contributed by atoms with Gasteiger partial charge in [-0.25, -0.2) is 22.2 Å². The Hall–Kier alpha value is -1.84. The minimum Gasteiger partial charge on any atom is -0.255 e. The van der Waals surface area contributed by atoms with Crippen LogP contribution >= 0.6 is 27.3 Å². The van der Waals surface area contributed by atoms with E-state index in [1.807, 2.05) is 0 Å². The van der Waals surface area contributed by atoms with Gasteiger partial charge in [0.15, 0.2) is 5.13 Å². The van der Waals surface area contributed by atoms with Crippen LogP contribution in [-0.2, 0) is 10.0 Å². The highest BCUT2D eigenvalue weighted by molar-refractivity contribution is 9.10. The summed E-state index contributed by atoms with van der Waals surface area (Å²) in [6.45, 7) is 0. The van der Waals surface area contributed by atoms with Gasteiger partial charge < -0.3 is 0 Å². The molecule has 9 heteroatoms. The maximum atomic E-state index is 13.1. The molecule has 1 aromatic heterocycles.